The van der Waals surface area contributed by atoms with Gasteiger partial charge in [-0.25, -0.2) is 0 Å². The summed E-state index contributed by atoms with van der Waals surface area (Å²) in [5, 5.41) is 12.4. The van der Waals surface area contributed by atoms with E-state index >= 15 is 0 Å². The Morgan fingerprint density at radius 1 is 1.05 bits per heavy atom. The van der Waals surface area contributed by atoms with Gasteiger partial charge >= 0.3 is 11.9 Å². The Bertz CT molecular complexity index is 1270. The van der Waals surface area contributed by atoms with Crippen LogP contribution in [0.5, 0.6) is 0 Å². The molecule has 5 fully saturated rings. The van der Waals surface area contributed by atoms with E-state index in [1.807, 2.05) is 32.1 Å². The lowest BCUT2D eigenvalue weighted by molar-refractivity contribution is -0.337. The summed E-state index contributed by atoms with van der Waals surface area (Å²) in [5.74, 6) is -6.32. The molecule has 0 radical (unpaired) electrons. The maximum atomic E-state index is 14.7. The molecule has 4 aliphatic heterocycles. The molecule has 7 rings (SSSR count). The van der Waals surface area contributed by atoms with Crippen LogP contribution in [0.2, 0.25) is 0 Å². The number of ether oxygens (including phenoxy) is 3. The number of rotatable bonds is 0. The van der Waals surface area contributed by atoms with Gasteiger partial charge in [0.25, 0.3) is 0 Å². The second kappa shape index (κ2) is 6.45. The van der Waals surface area contributed by atoms with E-state index in [4.69, 9.17) is 14.2 Å². The van der Waals surface area contributed by atoms with Crippen LogP contribution in [-0.4, -0.2) is 51.7 Å². The highest BCUT2D eigenvalue weighted by molar-refractivity contribution is 5.98. The number of carbonyl (C=O) groups excluding carboxylic acids is 4. The Hall–Kier alpha value is -2.32. The van der Waals surface area contributed by atoms with E-state index in [1.54, 1.807) is 20.8 Å². The van der Waals surface area contributed by atoms with Gasteiger partial charge in [0.15, 0.2) is 11.4 Å². The van der Waals surface area contributed by atoms with Crippen molar-refractivity contribution in [1.29, 1.82) is 0 Å². The van der Waals surface area contributed by atoms with Crippen molar-refractivity contribution >= 4 is 23.5 Å². The average Bonchev–Trinajstić information content (AvgIpc) is 3.19. The summed E-state index contributed by atoms with van der Waals surface area (Å²) in [5.41, 5.74) is -5.14. The summed E-state index contributed by atoms with van der Waals surface area (Å²) in [7, 11) is 0. The molecule has 3 aliphatic carbocycles. The zero-order valence-electron chi connectivity index (χ0n) is 22.0. The summed E-state index contributed by atoms with van der Waals surface area (Å²) in [6.45, 7) is 9.01. The van der Waals surface area contributed by atoms with Gasteiger partial charge < -0.3 is 19.3 Å². The number of hydrogen-bond acceptors (Lipinski definition) is 8. The number of aliphatic hydroxyl groups is 1. The average molecular weight is 511 g/mol. The summed E-state index contributed by atoms with van der Waals surface area (Å²) in [6, 6.07) is 0. The maximum Gasteiger partial charge on any atom is 0.315 e. The van der Waals surface area contributed by atoms with Gasteiger partial charge in [-0.15, -0.1) is 0 Å². The standard InChI is InChI=1S/C29H34O8/c1-14-22(32)35-19-13-24(14,2)20-21(31)28(34)17-10-9-15-7-6-8-18(30)26(15,4)16(17)11-12-25(3)23(33)36-27(19,5)29(20,25)37-28/h6-7,9,14,16-17,19-20,34H,8,10-13H2,1-5H3/t14-,16?,17?,19?,20?,24-,25-,26+,27+,28?,29-/m1/s1. The number of fused-ring (bicyclic) bond motifs is 9. The van der Waals surface area contributed by atoms with Crippen molar-refractivity contribution in [3.8, 4) is 0 Å². The highest BCUT2D eigenvalue weighted by atomic mass is 16.7. The van der Waals surface area contributed by atoms with Crippen LogP contribution in [0.1, 0.15) is 66.7 Å². The van der Waals surface area contributed by atoms with Crippen molar-refractivity contribution in [1.82, 2.24) is 0 Å². The molecule has 8 nitrogen and oxygen atoms in total. The predicted molar refractivity (Wildman–Crippen MR) is 127 cm³/mol. The van der Waals surface area contributed by atoms with E-state index in [9.17, 15) is 24.3 Å². The smallest absolute Gasteiger partial charge is 0.315 e. The number of allylic oxidation sites excluding steroid dienone is 4. The molecular weight excluding hydrogens is 476 g/mol. The van der Waals surface area contributed by atoms with Crippen LogP contribution < -0.4 is 0 Å². The molecule has 5 unspecified atom stereocenters. The van der Waals surface area contributed by atoms with Crippen molar-refractivity contribution in [2.45, 2.75) is 89.8 Å². The zero-order valence-corrected chi connectivity index (χ0v) is 22.0. The molecule has 1 saturated carbocycles. The fourth-order valence-electron chi connectivity index (χ4n) is 9.79. The van der Waals surface area contributed by atoms with Gasteiger partial charge in [-0.1, -0.05) is 32.1 Å². The van der Waals surface area contributed by atoms with Gasteiger partial charge in [-0.2, -0.15) is 0 Å². The van der Waals surface area contributed by atoms with Gasteiger partial charge in [-0.3, -0.25) is 19.2 Å². The molecule has 1 spiro atoms. The van der Waals surface area contributed by atoms with Crippen LogP contribution in [0.15, 0.2) is 23.8 Å². The Labute approximate surface area is 215 Å². The normalized spacial score (nSPS) is 57.4. The molecule has 1 N–H and O–H groups in total. The first-order valence-electron chi connectivity index (χ1n) is 13.5. The lowest BCUT2D eigenvalue weighted by atomic mass is 9.44. The number of esters is 2. The van der Waals surface area contributed by atoms with Crippen molar-refractivity contribution in [3.63, 3.8) is 0 Å². The first kappa shape index (κ1) is 23.8. The second-order valence-electron chi connectivity index (χ2n) is 13.4. The van der Waals surface area contributed by atoms with Gasteiger partial charge in [0, 0.05) is 12.3 Å². The van der Waals surface area contributed by atoms with Crippen LogP contribution in [0, 0.1) is 39.9 Å². The van der Waals surface area contributed by atoms with Crippen LogP contribution in [0.4, 0.5) is 0 Å². The molecular formula is C29H34O8. The molecule has 4 heterocycles. The topological polar surface area (TPSA) is 116 Å². The van der Waals surface area contributed by atoms with Gasteiger partial charge in [0.2, 0.25) is 5.79 Å². The highest BCUT2D eigenvalue weighted by Crippen LogP contribution is 2.75. The third kappa shape index (κ3) is 2.17. The molecule has 4 saturated heterocycles. The van der Waals surface area contributed by atoms with Gasteiger partial charge in [0.1, 0.15) is 17.5 Å². The zero-order chi connectivity index (χ0) is 26.6. The largest absolute Gasteiger partial charge is 0.458 e. The van der Waals surface area contributed by atoms with E-state index in [-0.39, 0.29) is 12.2 Å². The Kier molecular flexibility index (Phi) is 4.14. The molecule has 4 bridgehead atoms. The molecule has 7 aliphatic rings. The van der Waals surface area contributed by atoms with Crippen LogP contribution in [0.25, 0.3) is 0 Å². The summed E-state index contributed by atoms with van der Waals surface area (Å²) in [6.07, 6.45) is 6.74. The Balaban J connectivity index is 1.50. The van der Waals surface area contributed by atoms with Crippen LogP contribution >= 0.6 is 0 Å². The van der Waals surface area contributed by atoms with E-state index in [0.29, 0.717) is 25.7 Å². The van der Waals surface area contributed by atoms with Gasteiger partial charge in [0.05, 0.1) is 22.7 Å². The van der Waals surface area contributed by atoms with E-state index in [1.165, 1.54) is 0 Å². The summed E-state index contributed by atoms with van der Waals surface area (Å²) >= 11 is 0. The summed E-state index contributed by atoms with van der Waals surface area (Å²) in [4.78, 5) is 55.0. The molecule has 198 valence electrons. The molecule has 0 aromatic heterocycles. The van der Waals surface area contributed by atoms with Crippen molar-refractivity contribution < 1.29 is 38.5 Å². The Morgan fingerprint density at radius 3 is 2.51 bits per heavy atom. The monoisotopic (exact) mass is 510 g/mol. The first-order chi connectivity index (χ1) is 17.2. The number of Topliss-reactive ketones (excluding diaryl/α,β-unsaturated/α-hetero) is 2. The van der Waals surface area contributed by atoms with E-state index in [2.05, 4.69) is 0 Å². The first-order valence-corrected chi connectivity index (χ1v) is 13.5. The minimum absolute atomic E-state index is 0.0390. The predicted octanol–water partition coefficient (Wildman–Crippen LogP) is 2.81. The lowest BCUT2D eigenvalue weighted by Crippen LogP contribution is -2.76. The Morgan fingerprint density at radius 2 is 1.78 bits per heavy atom. The number of ketones is 2. The minimum atomic E-state index is -2.23. The SMILES string of the molecule is C[C@@H]1C(=O)OC2C[C@@]1(C)C1C(=O)C3(O)O[C@]14[C@@]2(C)OC(=O)[C@@]4(C)CCC1C3CC=C2C=CCC(=O)[C@@]21C. The van der Waals surface area contributed by atoms with E-state index < -0.39 is 80.7 Å². The molecule has 8 heteroatoms. The molecule has 0 aromatic rings. The fourth-order valence-corrected chi connectivity index (χ4v) is 9.79. The van der Waals surface area contributed by atoms with Crippen LogP contribution in [0.3, 0.4) is 0 Å². The van der Waals surface area contributed by atoms with Gasteiger partial charge in [-0.05, 0) is 63.4 Å². The van der Waals surface area contributed by atoms with Crippen LogP contribution in [-0.2, 0) is 33.4 Å². The lowest BCUT2D eigenvalue weighted by Gasteiger charge is -2.62. The maximum absolute atomic E-state index is 14.7. The molecule has 0 amide bonds. The third-order valence-corrected chi connectivity index (χ3v) is 12.2. The molecule has 0 aromatic carbocycles. The second-order valence-corrected chi connectivity index (χ2v) is 13.4. The highest BCUT2D eigenvalue weighted by Gasteiger charge is 2.90. The summed E-state index contributed by atoms with van der Waals surface area (Å²) < 4.78 is 18.8. The van der Waals surface area contributed by atoms with Crippen molar-refractivity contribution in [2.75, 3.05) is 0 Å². The van der Waals surface area contributed by atoms with Crippen molar-refractivity contribution in [3.05, 3.63) is 23.8 Å². The minimum Gasteiger partial charge on any atom is -0.458 e. The van der Waals surface area contributed by atoms with E-state index in [0.717, 1.165) is 5.57 Å². The third-order valence-electron chi connectivity index (χ3n) is 12.2. The number of hydrogen-bond donors (Lipinski definition) is 1. The number of carbonyl (C=O) groups is 4. The quantitative estimate of drug-likeness (QED) is 0.495. The molecule has 11 atom stereocenters. The fraction of sp³-hybridized carbons (Fsp3) is 0.724. The molecule has 37 heavy (non-hydrogen) atoms. The van der Waals surface area contributed by atoms with Crippen molar-refractivity contribution in [2.24, 2.45) is 39.9 Å².